The van der Waals surface area contributed by atoms with Crippen molar-refractivity contribution in [2.24, 2.45) is 0 Å². The third kappa shape index (κ3) is 2.13. The van der Waals surface area contributed by atoms with E-state index in [1.54, 1.807) is 18.2 Å². The first-order valence-electron chi connectivity index (χ1n) is 4.45. The summed E-state index contributed by atoms with van der Waals surface area (Å²) in [5.41, 5.74) is 0.694. The van der Waals surface area contributed by atoms with Crippen molar-refractivity contribution in [2.45, 2.75) is 0 Å². The molecule has 0 spiro atoms. The number of ketones is 1. The zero-order valence-corrected chi connectivity index (χ0v) is 10.4. The van der Waals surface area contributed by atoms with E-state index in [9.17, 15) is 4.79 Å². The SMILES string of the molecule is O=C(c1cnccn1)c1cccc(Br)c1Cl. The van der Waals surface area contributed by atoms with Crippen molar-refractivity contribution < 1.29 is 4.79 Å². The van der Waals surface area contributed by atoms with Crippen molar-refractivity contribution >= 4 is 33.3 Å². The molecule has 0 saturated heterocycles. The second-order valence-corrected chi connectivity index (χ2v) is 4.25. The van der Waals surface area contributed by atoms with Crippen LogP contribution in [0.5, 0.6) is 0 Å². The summed E-state index contributed by atoms with van der Waals surface area (Å²) in [5.74, 6) is -0.237. The summed E-state index contributed by atoms with van der Waals surface area (Å²) in [4.78, 5) is 19.8. The molecular weight excluding hydrogens is 291 g/mol. The molecule has 5 heteroatoms. The molecule has 0 unspecified atom stereocenters. The average molecular weight is 298 g/mol. The van der Waals surface area contributed by atoms with Crippen LogP contribution in [0.1, 0.15) is 16.1 Å². The number of aromatic nitrogens is 2. The minimum absolute atomic E-state index is 0.237. The lowest BCUT2D eigenvalue weighted by molar-refractivity contribution is 0.103. The van der Waals surface area contributed by atoms with Gasteiger partial charge in [-0.05, 0) is 28.1 Å². The maximum Gasteiger partial charge on any atom is 0.214 e. The van der Waals surface area contributed by atoms with E-state index in [0.29, 0.717) is 15.1 Å². The van der Waals surface area contributed by atoms with Gasteiger partial charge in [0.25, 0.3) is 0 Å². The highest BCUT2D eigenvalue weighted by Crippen LogP contribution is 2.27. The molecule has 80 valence electrons. The minimum Gasteiger partial charge on any atom is -0.287 e. The van der Waals surface area contributed by atoms with Crippen LogP contribution < -0.4 is 0 Å². The monoisotopic (exact) mass is 296 g/mol. The topological polar surface area (TPSA) is 42.9 Å². The summed E-state index contributed by atoms with van der Waals surface area (Å²) < 4.78 is 0.684. The van der Waals surface area contributed by atoms with Gasteiger partial charge in [-0.1, -0.05) is 17.7 Å². The Bertz CT molecular complexity index is 531. The molecule has 1 aromatic heterocycles. The van der Waals surface area contributed by atoms with Crippen LogP contribution in [0.2, 0.25) is 5.02 Å². The molecule has 2 rings (SSSR count). The first-order valence-corrected chi connectivity index (χ1v) is 5.62. The predicted molar refractivity (Wildman–Crippen MR) is 64.6 cm³/mol. The minimum atomic E-state index is -0.237. The fourth-order valence-corrected chi connectivity index (χ4v) is 1.81. The Hall–Kier alpha value is -1.26. The van der Waals surface area contributed by atoms with Crippen molar-refractivity contribution in [3.63, 3.8) is 0 Å². The summed E-state index contributed by atoms with van der Waals surface area (Å²) in [5, 5.41) is 0.387. The molecule has 0 radical (unpaired) electrons. The third-order valence-corrected chi connectivity index (χ3v) is 3.29. The number of carbonyl (C=O) groups excluding carboxylic acids is 1. The fraction of sp³-hybridized carbons (Fsp3) is 0. The third-order valence-electron chi connectivity index (χ3n) is 1.99. The second kappa shape index (κ2) is 4.72. The Kier molecular flexibility index (Phi) is 3.31. The quantitative estimate of drug-likeness (QED) is 0.800. The van der Waals surface area contributed by atoms with Gasteiger partial charge in [0.1, 0.15) is 5.69 Å². The van der Waals surface area contributed by atoms with Gasteiger partial charge < -0.3 is 0 Å². The molecule has 1 aromatic carbocycles. The molecular formula is C11H6BrClN2O. The van der Waals surface area contributed by atoms with E-state index in [0.717, 1.165) is 0 Å². The Labute approximate surface area is 106 Å². The van der Waals surface area contributed by atoms with Crippen LogP contribution in [0.3, 0.4) is 0 Å². The largest absolute Gasteiger partial charge is 0.287 e. The number of hydrogen-bond donors (Lipinski definition) is 0. The Balaban J connectivity index is 2.46. The normalized spacial score (nSPS) is 10.1. The number of carbonyl (C=O) groups is 1. The van der Waals surface area contributed by atoms with E-state index >= 15 is 0 Å². The molecule has 0 fully saturated rings. The first-order chi connectivity index (χ1) is 7.70. The van der Waals surface area contributed by atoms with Gasteiger partial charge in [-0.25, -0.2) is 4.98 Å². The molecule has 0 saturated carbocycles. The van der Waals surface area contributed by atoms with Crippen molar-refractivity contribution in [3.8, 4) is 0 Å². The van der Waals surface area contributed by atoms with Gasteiger partial charge in [-0.15, -0.1) is 0 Å². The zero-order chi connectivity index (χ0) is 11.5. The first kappa shape index (κ1) is 11.2. The van der Waals surface area contributed by atoms with Gasteiger partial charge in [-0.3, -0.25) is 9.78 Å². The van der Waals surface area contributed by atoms with E-state index in [4.69, 9.17) is 11.6 Å². The van der Waals surface area contributed by atoms with Crippen molar-refractivity contribution in [2.75, 3.05) is 0 Å². The highest BCUT2D eigenvalue weighted by Gasteiger charge is 2.15. The van der Waals surface area contributed by atoms with Gasteiger partial charge >= 0.3 is 0 Å². The molecule has 0 atom stereocenters. The van der Waals surface area contributed by atoms with Crippen molar-refractivity contribution in [1.29, 1.82) is 0 Å². The Morgan fingerprint density at radius 1 is 1.31 bits per heavy atom. The van der Waals surface area contributed by atoms with E-state index in [-0.39, 0.29) is 11.5 Å². The smallest absolute Gasteiger partial charge is 0.214 e. The van der Waals surface area contributed by atoms with Crippen LogP contribution >= 0.6 is 27.5 Å². The molecule has 0 aliphatic carbocycles. The second-order valence-electron chi connectivity index (χ2n) is 3.02. The van der Waals surface area contributed by atoms with Crippen molar-refractivity contribution in [1.82, 2.24) is 9.97 Å². The molecule has 16 heavy (non-hydrogen) atoms. The number of rotatable bonds is 2. The van der Waals surface area contributed by atoms with Crippen LogP contribution in [0.25, 0.3) is 0 Å². The molecule has 0 N–H and O–H groups in total. The lowest BCUT2D eigenvalue weighted by Gasteiger charge is -2.03. The fourth-order valence-electron chi connectivity index (χ4n) is 1.23. The summed E-state index contributed by atoms with van der Waals surface area (Å²) in [6.07, 6.45) is 4.40. The average Bonchev–Trinajstić information content (AvgIpc) is 2.33. The molecule has 0 bridgehead atoms. The molecule has 3 nitrogen and oxygen atoms in total. The number of benzene rings is 1. The molecule has 0 aliphatic rings. The molecule has 1 heterocycles. The number of halogens is 2. The summed E-state index contributed by atoms with van der Waals surface area (Å²) in [6, 6.07) is 5.18. The molecule has 0 amide bonds. The van der Waals surface area contributed by atoms with E-state index in [1.165, 1.54) is 18.6 Å². The summed E-state index contributed by atoms with van der Waals surface area (Å²) >= 11 is 9.29. The maximum absolute atomic E-state index is 12.0. The Morgan fingerprint density at radius 2 is 2.12 bits per heavy atom. The molecule has 0 aliphatic heterocycles. The number of nitrogens with zero attached hydrogens (tertiary/aromatic N) is 2. The standard InChI is InChI=1S/C11H6BrClN2O/c12-8-3-1-2-7(10(8)13)11(16)9-6-14-4-5-15-9/h1-6H. The van der Waals surface area contributed by atoms with Gasteiger partial charge in [0, 0.05) is 22.4 Å². The maximum atomic E-state index is 12.0. The van der Waals surface area contributed by atoms with Crippen LogP contribution in [-0.4, -0.2) is 15.8 Å². The number of hydrogen-bond acceptors (Lipinski definition) is 3. The highest BCUT2D eigenvalue weighted by atomic mass is 79.9. The van der Waals surface area contributed by atoms with Gasteiger partial charge in [0.15, 0.2) is 0 Å². The summed E-state index contributed by atoms with van der Waals surface area (Å²) in [7, 11) is 0. The Morgan fingerprint density at radius 3 is 2.81 bits per heavy atom. The molecule has 2 aromatic rings. The van der Waals surface area contributed by atoms with Gasteiger partial charge in [-0.2, -0.15) is 0 Å². The van der Waals surface area contributed by atoms with Crippen LogP contribution in [0.4, 0.5) is 0 Å². The van der Waals surface area contributed by atoms with Crippen LogP contribution in [0, 0.1) is 0 Å². The lowest BCUT2D eigenvalue weighted by Crippen LogP contribution is -2.05. The lowest BCUT2D eigenvalue weighted by atomic mass is 10.1. The van der Waals surface area contributed by atoms with Gasteiger partial charge in [0.05, 0.1) is 11.2 Å². The van der Waals surface area contributed by atoms with Crippen LogP contribution in [-0.2, 0) is 0 Å². The highest BCUT2D eigenvalue weighted by molar-refractivity contribution is 9.10. The zero-order valence-electron chi connectivity index (χ0n) is 8.02. The van der Waals surface area contributed by atoms with E-state index in [1.807, 2.05) is 0 Å². The van der Waals surface area contributed by atoms with Crippen LogP contribution in [0.15, 0.2) is 41.3 Å². The van der Waals surface area contributed by atoms with E-state index < -0.39 is 0 Å². The summed E-state index contributed by atoms with van der Waals surface area (Å²) in [6.45, 7) is 0. The van der Waals surface area contributed by atoms with Crippen molar-refractivity contribution in [3.05, 3.63) is 57.5 Å². The van der Waals surface area contributed by atoms with Gasteiger partial charge in [0.2, 0.25) is 5.78 Å². The van der Waals surface area contributed by atoms with E-state index in [2.05, 4.69) is 25.9 Å². The predicted octanol–water partition coefficient (Wildman–Crippen LogP) is 3.12.